The average molecular weight is 371 g/mol. The molecule has 4 rings (SSSR count). The molecular weight excluding hydrogens is 346 g/mol. The van der Waals surface area contributed by atoms with Crippen molar-refractivity contribution in [1.82, 2.24) is 14.9 Å². The minimum Gasteiger partial charge on any atom is -0.378 e. The molecule has 3 aliphatic rings. The summed E-state index contributed by atoms with van der Waals surface area (Å²) in [5.74, 6) is 1.84. The second kappa shape index (κ2) is 7.30. The fourth-order valence-electron chi connectivity index (χ4n) is 3.37. The zero-order chi connectivity index (χ0) is 17.3. The number of rotatable bonds is 8. The summed E-state index contributed by atoms with van der Waals surface area (Å²) in [5.41, 5.74) is 0. The molecule has 1 saturated carbocycles. The lowest BCUT2D eigenvalue weighted by atomic mass is 10.2. The summed E-state index contributed by atoms with van der Waals surface area (Å²) in [6.45, 7) is 1.03. The zero-order valence-electron chi connectivity index (χ0n) is 14.2. The topological polar surface area (TPSA) is 104 Å². The summed E-state index contributed by atoms with van der Waals surface area (Å²) in [6.07, 6.45) is 6.04. The Hall–Kier alpha value is -1.03. The van der Waals surface area contributed by atoms with Gasteiger partial charge in [0.1, 0.15) is 6.10 Å². The molecule has 8 nitrogen and oxygen atoms in total. The van der Waals surface area contributed by atoms with E-state index in [1.807, 2.05) is 0 Å². The Labute approximate surface area is 147 Å². The third-order valence-electron chi connectivity index (χ3n) is 5.05. The highest BCUT2D eigenvalue weighted by molar-refractivity contribution is 7.89. The number of nitrogens with zero attached hydrogens (tertiary/aromatic N) is 2. The minimum absolute atomic E-state index is 0.0851. The first-order valence-corrected chi connectivity index (χ1v) is 10.8. The molecule has 2 aliphatic heterocycles. The van der Waals surface area contributed by atoms with Gasteiger partial charge in [0.05, 0.1) is 18.0 Å². The van der Waals surface area contributed by atoms with Crippen LogP contribution < -0.4 is 4.72 Å². The Bertz CT molecular complexity index is 682. The van der Waals surface area contributed by atoms with Crippen LogP contribution in [0.3, 0.4) is 0 Å². The van der Waals surface area contributed by atoms with Crippen LogP contribution in [0.4, 0.5) is 0 Å². The molecule has 0 spiro atoms. The summed E-state index contributed by atoms with van der Waals surface area (Å²) in [7, 11) is -3.30. The summed E-state index contributed by atoms with van der Waals surface area (Å²) >= 11 is 0. The van der Waals surface area contributed by atoms with Crippen molar-refractivity contribution in [3.63, 3.8) is 0 Å². The molecule has 1 aliphatic carbocycles. The van der Waals surface area contributed by atoms with Crippen LogP contribution in [-0.2, 0) is 19.5 Å². The SMILES string of the molecule is O=S(=O)(CC[C@@H]1CCCO1)NC[C@H]1CC[C@@H](c2nc(C3CC3)no2)O1. The van der Waals surface area contributed by atoms with Crippen LogP contribution in [-0.4, -0.2) is 49.7 Å². The van der Waals surface area contributed by atoms with Crippen molar-refractivity contribution in [2.45, 2.75) is 69.2 Å². The molecular formula is C16H25N3O5S. The van der Waals surface area contributed by atoms with E-state index in [0.29, 0.717) is 18.2 Å². The van der Waals surface area contributed by atoms with Gasteiger partial charge in [-0.1, -0.05) is 5.16 Å². The van der Waals surface area contributed by atoms with E-state index in [0.717, 1.165) is 51.0 Å². The van der Waals surface area contributed by atoms with Crippen LogP contribution in [0.5, 0.6) is 0 Å². The predicted octanol–water partition coefficient (Wildman–Crippen LogP) is 1.66. The summed E-state index contributed by atoms with van der Waals surface area (Å²) in [6, 6.07) is 0. The summed E-state index contributed by atoms with van der Waals surface area (Å²) in [5, 5.41) is 4.01. The van der Waals surface area contributed by atoms with E-state index in [2.05, 4.69) is 14.9 Å². The zero-order valence-corrected chi connectivity index (χ0v) is 15.0. The Morgan fingerprint density at radius 3 is 2.76 bits per heavy atom. The molecule has 3 fully saturated rings. The van der Waals surface area contributed by atoms with Crippen LogP contribution in [0.2, 0.25) is 0 Å². The molecule has 1 aromatic rings. The van der Waals surface area contributed by atoms with Crippen LogP contribution in [0, 0.1) is 0 Å². The molecule has 0 bridgehead atoms. The molecule has 0 radical (unpaired) electrons. The molecule has 1 aromatic heterocycles. The van der Waals surface area contributed by atoms with Gasteiger partial charge >= 0.3 is 0 Å². The normalized spacial score (nSPS) is 30.2. The largest absolute Gasteiger partial charge is 0.378 e. The first kappa shape index (κ1) is 17.4. The molecule has 0 amide bonds. The molecule has 0 unspecified atom stereocenters. The predicted molar refractivity (Wildman–Crippen MR) is 88.5 cm³/mol. The fourth-order valence-corrected chi connectivity index (χ4v) is 4.53. The van der Waals surface area contributed by atoms with Crippen molar-refractivity contribution < 1.29 is 22.4 Å². The minimum atomic E-state index is -3.30. The van der Waals surface area contributed by atoms with E-state index in [1.54, 1.807) is 0 Å². The third kappa shape index (κ3) is 4.58. The van der Waals surface area contributed by atoms with Crippen molar-refractivity contribution in [3.8, 4) is 0 Å². The number of hydrogen-bond acceptors (Lipinski definition) is 7. The van der Waals surface area contributed by atoms with Gasteiger partial charge in [0, 0.05) is 19.1 Å². The van der Waals surface area contributed by atoms with Gasteiger partial charge < -0.3 is 14.0 Å². The number of aromatic nitrogens is 2. The van der Waals surface area contributed by atoms with Crippen LogP contribution in [0.25, 0.3) is 0 Å². The molecule has 2 saturated heterocycles. The molecule has 140 valence electrons. The van der Waals surface area contributed by atoms with Crippen LogP contribution >= 0.6 is 0 Å². The molecule has 9 heteroatoms. The van der Waals surface area contributed by atoms with Crippen molar-refractivity contribution in [2.24, 2.45) is 0 Å². The highest BCUT2D eigenvalue weighted by Crippen LogP contribution is 2.39. The van der Waals surface area contributed by atoms with Gasteiger partial charge in [0.25, 0.3) is 5.89 Å². The van der Waals surface area contributed by atoms with Crippen molar-refractivity contribution in [2.75, 3.05) is 18.9 Å². The van der Waals surface area contributed by atoms with E-state index >= 15 is 0 Å². The third-order valence-corrected chi connectivity index (χ3v) is 6.43. The quantitative estimate of drug-likeness (QED) is 0.741. The lowest BCUT2D eigenvalue weighted by molar-refractivity contribution is 0.0289. The summed E-state index contributed by atoms with van der Waals surface area (Å²) < 4.78 is 43.5. The molecule has 3 heterocycles. The van der Waals surface area contributed by atoms with Gasteiger partial charge in [0.2, 0.25) is 10.0 Å². The first-order chi connectivity index (χ1) is 12.1. The van der Waals surface area contributed by atoms with Gasteiger partial charge in [-0.05, 0) is 44.9 Å². The van der Waals surface area contributed by atoms with E-state index < -0.39 is 10.0 Å². The molecule has 0 aromatic carbocycles. The maximum Gasteiger partial charge on any atom is 0.255 e. The fraction of sp³-hybridized carbons (Fsp3) is 0.875. The van der Waals surface area contributed by atoms with Crippen LogP contribution in [0.15, 0.2) is 4.52 Å². The maximum atomic E-state index is 12.1. The Balaban J connectivity index is 1.21. The summed E-state index contributed by atoms with van der Waals surface area (Å²) in [4.78, 5) is 4.42. The first-order valence-electron chi connectivity index (χ1n) is 9.17. The number of nitrogens with one attached hydrogen (secondary N) is 1. The highest BCUT2D eigenvalue weighted by atomic mass is 32.2. The monoisotopic (exact) mass is 371 g/mol. The number of ether oxygens (including phenoxy) is 2. The van der Waals surface area contributed by atoms with Gasteiger partial charge in [-0.15, -0.1) is 0 Å². The Kier molecular flexibility index (Phi) is 5.08. The smallest absolute Gasteiger partial charge is 0.255 e. The van der Waals surface area contributed by atoms with Crippen molar-refractivity contribution in [3.05, 3.63) is 11.7 Å². The lowest BCUT2D eigenvalue weighted by Gasteiger charge is -2.14. The average Bonchev–Trinajstić information content (AvgIpc) is 3.04. The van der Waals surface area contributed by atoms with E-state index in [1.165, 1.54) is 0 Å². The van der Waals surface area contributed by atoms with E-state index in [4.69, 9.17) is 14.0 Å². The Morgan fingerprint density at radius 1 is 1.12 bits per heavy atom. The van der Waals surface area contributed by atoms with Crippen molar-refractivity contribution in [1.29, 1.82) is 0 Å². The van der Waals surface area contributed by atoms with Gasteiger partial charge in [-0.2, -0.15) is 4.98 Å². The highest BCUT2D eigenvalue weighted by Gasteiger charge is 2.34. The standard InChI is InChI=1S/C16H25N3O5S/c20-25(21,9-7-12-2-1-8-22-12)17-10-13-5-6-14(23-13)16-18-15(19-24-16)11-3-4-11/h11-14,17H,1-10H2/t12-,13+,14-/m0/s1. The molecule has 3 atom stereocenters. The number of sulfonamides is 1. The molecule has 25 heavy (non-hydrogen) atoms. The Morgan fingerprint density at radius 2 is 2.00 bits per heavy atom. The maximum absolute atomic E-state index is 12.1. The lowest BCUT2D eigenvalue weighted by Crippen LogP contribution is -2.34. The second-order valence-corrected chi connectivity index (χ2v) is 9.11. The van der Waals surface area contributed by atoms with Gasteiger partial charge in [0.15, 0.2) is 5.82 Å². The van der Waals surface area contributed by atoms with Crippen molar-refractivity contribution >= 4 is 10.0 Å². The van der Waals surface area contributed by atoms with E-state index in [9.17, 15) is 8.42 Å². The second-order valence-electron chi connectivity index (χ2n) is 7.18. The van der Waals surface area contributed by atoms with E-state index in [-0.39, 0.29) is 30.6 Å². The van der Waals surface area contributed by atoms with Gasteiger partial charge in [-0.3, -0.25) is 0 Å². The van der Waals surface area contributed by atoms with Crippen LogP contribution in [0.1, 0.15) is 68.7 Å². The molecule has 1 N–H and O–H groups in total. The van der Waals surface area contributed by atoms with Gasteiger partial charge in [-0.25, -0.2) is 13.1 Å². The number of hydrogen-bond donors (Lipinski definition) is 1.